The molecule has 0 radical (unpaired) electrons. The quantitative estimate of drug-likeness (QED) is 0.658. The van der Waals surface area contributed by atoms with Gasteiger partial charge in [-0.15, -0.1) is 0 Å². The highest BCUT2D eigenvalue weighted by Gasteiger charge is 2.10. The van der Waals surface area contributed by atoms with E-state index >= 15 is 0 Å². The zero-order valence-electron chi connectivity index (χ0n) is 9.20. The molecule has 0 aromatic heterocycles. The number of fused-ring (bicyclic) bond motifs is 2. The molecule has 1 heteroatoms. The Kier molecular flexibility index (Phi) is 2.24. The van der Waals surface area contributed by atoms with Gasteiger partial charge >= 0.3 is 0 Å². The fourth-order valence-corrected chi connectivity index (χ4v) is 2.58. The van der Waals surface area contributed by atoms with Crippen molar-refractivity contribution in [2.45, 2.75) is 25.7 Å². The predicted octanol–water partition coefficient (Wildman–Crippen LogP) is 3.53. The number of hydrogen-bond donors (Lipinski definition) is 0. The standard InChI is InChI=1S/C15H14O/c16-10-11-5-6-14-8-12-3-1-2-4-13(12)9-15(14)7-11/h5-10H,1-4H2. The first-order valence-electron chi connectivity index (χ1n) is 5.87. The Balaban J connectivity index is 2.23. The van der Waals surface area contributed by atoms with Crippen LogP contribution >= 0.6 is 0 Å². The molecule has 1 aliphatic carbocycles. The summed E-state index contributed by atoms with van der Waals surface area (Å²) in [6.45, 7) is 0. The van der Waals surface area contributed by atoms with Crippen LogP contribution in [-0.4, -0.2) is 6.29 Å². The molecule has 2 aromatic carbocycles. The largest absolute Gasteiger partial charge is 0.298 e. The van der Waals surface area contributed by atoms with Crippen LogP contribution in [0.2, 0.25) is 0 Å². The van der Waals surface area contributed by atoms with Crippen molar-refractivity contribution in [2.24, 2.45) is 0 Å². The maximum absolute atomic E-state index is 10.7. The molecule has 0 unspecified atom stereocenters. The van der Waals surface area contributed by atoms with Crippen molar-refractivity contribution in [3.05, 3.63) is 47.0 Å². The lowest BCUT2D eigenvalue weighted by Gasteiger charge is -2.16. The van der Waals surface area contributed by atoms with Gasteiger partial charge in [0.25, 0.3) is 0 Å². The minimum absolute atomic E-state index is 0.767. The predicted molar refractivity (Wildman–Crippen MR) is 66.0 cm³/mol. The van der Waals surface area contributed by atoms with E-state index < -0.39 is 0 Å². The van der Waals surface area contributed by atoms with Gasteiger partial charge in [0.05, 0.1) is 0 Å². The third-order valence-corrected chi connectivity index (χ3v) is 3.46. The van der Waals surface area contributed by atoms with Gasteiger partial charge in [0.1, 0.15) is 6.29 Å². The summed E-state index contributed by atoms with van der Waals surface area (Å²) in [6.07, 6.45) is 5.92. The average Bonchev–Trinajstić information content (AvgIpc) is 2.35. The van der Waals surface area contributed by atoms with Crippen molar-refractivity contribution in [1.29, 1.82) is 0 Å². The number of hydrogen-bond acceptors (Lipinski definition) is 1. The number of aldehydes is 1. The van der Waals surface area contributed by atoms with Gasteiger partial charge in [-0.2, -0.15) is 0 Å². The van der Waals surface area contributed by atoms with Crippen LogP contribution in [0.15, 0.2) is 30.3 Å². The summed E-state index contributed by atoms with van der Waals surface area (Å²) in [5, 5.41) is 2.46. The molecule has 0 fully saturated rings. The third kappa shape index (κ3) is 1.53. The molecule has 0 aliphatic heterocycles. The summed E-state index contributed by atoms with van der Waals surface area (Å²) in [5.74, 6) is 0. The molecule has 16 heavy (non-hydrogen) atoms. The van der Waals surface area contributed by atoms with E-state index in [2.05, 4.69) is 12.1 Å². The Hall–Kier alpha value is -1.63. The van der Waals surface area contributed by atoms with E-state index in [1.54, 1.807) is 0 Å². The summed E-state index contributed by atoms with van der Waals surface area (Å²) in [4.78, 5) is 10.7. The van der Waals surface area contributed by atoms with Crippen LogP contribution in [0.1, 0.15) is 34.3 Å². The molecule has 0 spiro atoms. The fraction of sp³-hybridized carbons (Fsp3) is 0.267. The van der Waals surface area contributed by atoms with E-state index in [1.807, 2.05) is 18.2 Å². The van der Waals surface area contributed by atoms with Gasteiger partial charge in [0.2, 0.25) is 0 Å². The van der Waals surface area contributed by atoms with Gasteiger partial charge in [0, 0.05) is 5.56 Å². The Morgan fingerprint density at radius 3 is 2.25 bits per heavy atom. The molecular formula is C15H14O. The smallest absolute Gasteiger partial charge is 0.150 e. The van der Waals surface area contributed by atoms with Crippen molar-refractivity contribution in [1.82, 2.24) is 0 Å². The lowest BCUT2D eigenvalue weighted by atomic mass is 9.89. The zero-order chi connectivity index (χ0) is 11.0. The van der Waals surface area contributed by atoms with Crippen LogP contribution in [0, 0.1) is 0 Å². The Morgan fingerprint density at radius 2 is 1.56 bits per heavy atom. The Morgan fingerprint density at radius 1 is 0.875 bits per heavy atom. The van der Waals surface area contributed by atoms with E-state index in [0.29, 0.717) is 0 Å². The van der Waals surface area contributed by atoms with E-state index in [4.69, 9.17) is 0 Å². The van der Waals surface area contributed by atoms with Gasteiger partial charge in [0.15, 0.2) is 0 Å². The number of benzene rings is 2. The second-order valence-corrected chi connectivity index (χ2v) is 4.55. The number of carbonyl (C=O) groups is 1. The molecule has 0 heterocycles. The third-order valence-electron chi connectivity index (χ3n) is 3.46. The van der Waals surface area contributed by atoms with Crippen LogP contribution in [0.4, 0.5) is 0 Å². The first-order chi connectivity index (χ1) is 7.86. The SMILES string of the molecule is O=Cc1ccc2cc3c(cc2c1)CCCC3. The van der Waals surface area contributed by atoms with Crippen LogP contribution in [0.3, 0.4) is 0 Å². The van der Waals surface area contributed by atoms with E-state index in [-0.39, 0.29) is 0 Å². The van der Waals surface area contributed by atoms with Gasteiger partial charge in [-0.25, -0.2) is 0 Å². The fourth-order valence-electron chi connectivity index (χ4n) is 2.58. The number of aryl methyl sites for hydroxylation is 2. The zero-order valence-corrected chi connectivity index (χ0v) is 9.20. The normalized spacial score (nSPS) is 14.8. The summed E-state index contributed by atoms with van der Waals surface area (Å²) < 4.78 is 0. The average molecular weight is 210 g/mol. The highest BCUT2D eigenvalue weighted by Crippen LogP contribution is 2.26. The molecule has 0 saturated carbocycles. The van der Waals surface area contributed by atoms with E-state index in [1.165, 1.54) is 47.6 Å². The monoisotopic (exact) mass is 210 g/mol. The van der Waals surface area contributed by atoms with Gasteiger partial charge in [-0.3, -0.25) is 4.79 Å². The lowest BCUT2D eigenvalue weighted by molar-refractivity contribution is 0.112. The van der Waals surface area contributed by atoms with Crippen molar-refractivity contribution < 1.29 is 4.79 Å². The summed E-state index contributed by atoms with van der Waals surface area (Å²) in [7, 11) is 0. The molecule has 0 saturated heterocycles. The summed E-state index contributed by atoms with van der Waals surface area (Å²) >= 11 is 0. The summed E-state index contributed by atoms with van der Waals surface area (Å²) in [5.41, 5.74) is 3.74. The van der Waals surface area contributed by atoms with Crippen LogP contribution in [0.5, 0.6) is 0 Å². The minimum Gasteiger partial charge on any atom is -0.298 e. The van der Waals surface area contributed by atoms with Gasteiger partial charge in [-0.1, -0.05) is 24.3 Å². The molecule has 0 bridgehead atoms. The van der Waals surface area contributed by atoms with Gasteiger partial charge in [-0.05, 0) is 53.6 Å². The molecule has 1 nitrogen and oxygen atoms in total. The molecule has 0 amide bonds. The molecule has 3 rings (SSSR count). The molecule has 1 aliphatic rings. The second-order valence-electron chi connectivity index (χ2n) is 4.55. The van der Waals surface area contributed by atoms with Gasteiger partial charge < -0.3 is 0 Å². The van der Waals surface area contributed by atoms with Crippen LogP contribution in [0.25, 0.3) is 10.8 Å². The first kappa shape index (κ1) is 9.59. The molecular weight excluding hydrogens is 196 g/mol. The number of carbonyl (C=O) groups excluding carboxylic acids is 1. The first-order valence-corrected chi connectivity index (χ1v) is 5.87. The minimum atomic E-state index is 0.767. The maximum Gasteiger partial charge on any atom is 0.150 e. The second kappa shape index (κ2) is 3.75. The molecule has 80 valence electrons. The highest BCUT2D eigenvalue weighted by atomic mass is 16.1. The maximum atomic E-state index is 10.7. The van der Waals surface area contributed by atoms with E-state index in [9.17, 15) is 4.79 Å². The van der Waals surface area contributed by atoms with E-state index in [0.717, 1.165) is 11.8 Å². The highest BCUT2D eigenvalue weighted by molar-refractivity contribution is 5.90. The molecule has 2 aromatic rings. The van der Waals surface area contributed by atoms with Crippen molar-refractivity contribution >= 4 is 17.1 Å². The summed E-state index contributed by atoms with van der Waals surface area (Å²) in [6, 6.07) is 10.5. The van der Waals surface area contributed by atoms with Crippen molar-refractivity contribution in [3.8, 4) is 0 Å². The van der Waals surface area contributed by atoms with Crippen molar-refractivity contribution in [2.75, 3.05) is 0 Å². The topological polar surface area (TPSA) is 17.1 Å². The molecule has 0 atom stereocenters. The Bertz CT molecular complexity index is 555. The van der Waals surface area contributed by atoms with Crippen LogP contribution in [-0.2, 0) is 12.8 Å². The lowest BCUT2D eigenvalue weighted by Crippen LogP contribution is -2.02. The van der Waals surface area contributed by atoms with Crippen molar-refractivity contribution in [3.63, 3.8) is 0 Å². The molecule has 0 N–H and O–H groups in total. The number of rotatable bonds is 1. The van der Waals surface area contributed by atoms with Crippen LogP contribution < -0.4 is 0 Å². The Labute approximate surface area is 95.1 Å².